The van der Waals surface area contributed by atoms with Crippen molar-refractivity contribution in [3.63, 3.8) is 0 Å². The number of amides is 1. The van der Waals surface area contributed by atoms with Crippen molar-refractivity contribution in [2.24, 2.45) is 0 Å². The van der Waals surface area contributed by atoms with Gasteiger partial charge in [0.15, 0.2) is 0 Å². The SMILES string of the molecule is O=C(CCOCCOCCCO)NS. The molecule has 0 heterocycles. The minimum absolute atomic E-state index is 0.142. The van der Waals surface area contributed by atoms with Crippen LogP contribution in [-0.2, 0) is 14.3 Å². The lowest BCUT2D eigenvalue weighted by atomic mass is 10.4. The molecule has 0 unspecified atom stereocenters. The lowest BCUT2D eigenvalue weighted by molar-refractivity contribution is -0.120. The van der Waals surface area contributed by atoms with Crippen LogP contribution in [-0.4, -0.2) is 44.0 Å². The minimum Gasteiger partial charge on any atom is -0.396 e. The van der Waals surface area contributed by atoms with Crippen LogP contribution in [0.1, 0.15) is 12.8 Å². The van der Waals surface area contributed by atoms with Crippen molar-refractivity contribution in [1.82, 2.24) is 4.72 Å². The van der Waals surface area contributed by atoms with Gasteiger partial charge in [-0.3, -0.25) is 4.79 Å². The van der Waals surface area contributed by atoms with Gasteiger partial charge in [-0.1, -0.05) is 12.8 Å². The maximum absolute atomic E-state index is 10.7. The topological polar surface area (TPSA) is 67.8 Å². The van der Waals surface area contributed by atoms with Crippen LogP contribution in [0.5, 0.6) is 0 Å². The van der Waals surface area contributed by atoms with E-state index in [0.29, 0.717) is 39.3 Å². The summed E-state index contributed by atoms with van der Waals surface area (Å²) in [6.07, 6.45) is 0.947. The Kier molecular flexibility index (Phi) is 10.5. The van der Waals surface area contributed by atoms with Gasteiger partial charge < -0.3 is 19.3 Å². The van der Waals surface area contributed by atoms with Crippen molar-refractivity contribution in [2.75, 3.05) is 33.0 Å². The predicted molar refractivity (Wildman–Crippen MR) is 55.1 cm³/mol. The normalized spacial score (nSPS) is 10.1. The molecular formula is C8H17NO4S. The summed E-state index contributed by atoms with van der Waals surface area (Å²) < 4.78 is 12.4. The third-order valence-electron chi connectivity index (χ3n) is 1.42. The second-order valence-corrected chi connectivity index (χ2v) is 2.81. The number of aliphatic hydroxyl groups excluding tert-OH is 1. The molecule has 0 atom stereocenters. The van der Waals surface area contributed by atoms with Crippen molar-refractivity contribution in [3.8, 4) is 0 Å². The number of nitrogens with one attached hydrogen (secondary N) is 1. The molecule has 0 bridgehead atoms. The second kappa shape index (κ2) is 10.8. The fourth-order valence-electron chi connectivity index (χ4n) is 0.709. The van der Waals surface area contributed by atoms with Gasteiger partial charge in [-0.15, -0.1) is 0 Å². The molecule has 6 heteroatoms. The fourth-order valence-corrected chi connectivity index (χ4v) is 0.821. The molecule has 5 nitrogen and oxygen atoms in total. The summed E-state index contributed by atoms with van der Waals surface area (Å²) >= 11 is 3.59. The smallest absolute Gasteiger partial charge is 0.231 e. The average Bonchev–Trinajstić information content (AvgIpc) is 2.21. The van der Waals surface area contributed by atoms with Crippen molar-refractivity contribution in [2.45, 2.75) is 12.8 Å². The summed E-state index contributed by atoms with van der Waals surface area (Å²) in [4.78, 5) is 10.7. The molecule has 0 aliphatic heterocycles. The van der Waals surface area contributed by atoms with Crippen molar-refractivity contribution >= 4 is 18.7 Å². The predicted octanol–water partition coefficient (Wildman–Crippen LogP) is -0.247. The monoisotopic (exact) mass is 223 g/mol. The molecule has 0 radical (unpaired) electrons. The van der Waals surface area contributed by atoms with Gasteiger partial charge in [0, 0.05) is 13.2 Å². The third kappa shape index (κ3) is 9.79. The van der Waals surface area contributed by atoms with Crippen LogP contribution in [0.3, 0.4) is 0 Å². The average molecular weight is 223 g/mol. The van der Waals surface area contributed by atoms with Crippen LogP contribution >= 0.6 is 12.8 Å². The molecule has 0 fully saturated rings. The van der Waals surface area contributed by atoms with Gasteiger partial charge in [0.05, 0.1) is 26.2 Å². The first-order valence-corrected chi connectivity index (χ1v) is 4.95. The van der Waals surface area contributed by atoms with Gasteiger partial charge in [-0.2, -0.15) is 0 Å². The molecule has 0 saturated carbocycles. The van der Waals surface area contributed by atoms with E-state index in [9.17, 15) is 4.79 Å². The molecular weight excluding hydrogens is 206 g/mol. The summed E-state index contributed by atoms with van der Waals surface area (Å²) in [6.45, 7) is 2.00. The first-order chi connectivity index (χ1) is 6.81. The van der Waals surface area contributed by atoms with Crippen LogP contribution in [0.15, 0.2) is 0 Å². The standard InChI is InChI=1S/C8H17NO4S/c10-3-1-4-12-6-7-13-5-2-8(11)9-14/h10,14H,1-7H2,(H,9,11). The zero-order valence-electron chi connectivity index (χ0n) is 8.07. The van der Waals surface area contributed by atoms with E-state index < -0.39 is 0 Å². The molecule has 0 aromatic heterocycles. The quantitative estimate of drug-likeness (QED) is 0.372. The number of rotatable bonds is 9. The highest BCUT2D eigenvalue weighted by Crippen LogP contribution is 1.86. The molecule has 0 aliphatic rings. The van der Waals surface area contributed by atoms with E-state index in [1.807, 2.05) is 0 Å². The largest absolute Gasteiger partial charge is 0.396 e. The number of hydrogen-bond donors (Lipinski definition) is 3. The maximum atomic E-state index is 10.7. The first kappa shape index (κ1) is 13.7. The van der Waals surface area contributed by atoms with E-state index in [2.05, 4.69) is 17.5 Å². The number of carbonyl (C=O) groups excluding carboxylic acids is 1. The molecule has 0 spiro atoms. The molecule has 0 rings (SSSR count). The summed E-state index contributed by atoms with van der Waals surface area (Å²) in [5.74, 6) is -0.158. The lowest BCUT2D eigenvalue weighted by Gasteiger charge is -2.04. The van der Waals surface area contributed by atoms with E-state index >= 15 is 0 Å². The highest BCUT2D eigenvalue weighted by atomic mass is 32.1. The number of carbonyl (C=O) groups is 1. The Bertz CT molecular complexity index is 145. The van der Waals surface area contributed by atoms with Crippen LogP contribution in [0, 0.1) is 0 Å². The van der Waals surface area contributed by atoms with Gasteiger partial charge >= 0.3 is 0 Å². The maximum Gasteiger partial charge on any atom is 0.231 e. The van der Waals surface area contributed by atoms with Gasteiger partial charge in [0.1, 0.15) is 0 Å². The van der Waals surface area contributed by atoms with Gasteiger partial charge in [0.2, 0.25) is 5.91 Å². The van der Waals surface area contributed by atoms with Crippen LogP contribution in [0.4, 0.5) is 0 Å². The van der Waals surface area contributed by atoms with E-state index in [1.54, 1.807) is 0 Å². The van der Waals surface area contributed by atoms with Gasteiger partial charge in [0.25, 0.3) is 0 Å². The zero-order chi connectivity index (χ0) is 10.6. The molecule has 0 aromatic carbocycles. The fraction of sp³-hybridized carbons (Fsp3) is 0.875. The van der Waals surface area contributed by atoms with E-state index in [-0.39, 0.29) is 12.5 Å². The molecule has 1 amide bonds. The summed E-state index contributed by atoms with van der Waals surface area (Å²) in [5, 5.41) is 8.43. The Morgan fingerprint density at radius 1 is 1.21 bits per heavy atom. The number of aliphatic hydroxyl groups is 1. The number of ether oxygens (including phenoxy) is 2. The molecule has 0 aliphatic carbocycles. The summed E-state index contributed by atoms with van der Waals surface area (Å²) in [5.41, 5.74) is 0. The summed E-state index contributed by atoms with van der Waals surface area (Å²) in [7, 11) is 0. The summed E-state index contributed by atoms with van der Waals surface area (Å²) in [6, 6.07) is 0. The Balaban J connectivity index is 2.95. The van der Waals surface area contributed by atoms with Crippen molar-refractivity contribution < 1.29 is 19.4 Å². The van der Waals surface area contributed by atoms with Crippen molar-refractivity contribution in [1.29, 1.82) is 0 Å². The Morgan fingerprint density at radius 2 is 1.86 bits per heavy atom. The minimum atomic E-state index is -0.158. The van der Waals surface area contributed by atoms with Crippen LogP contribution in [0.2, 0.25) is 0 Å². The third-order valence-corrected chi connectivity index (χ3v) is 1.67. The molecule has 84 valence electrons. The molecule has 0 saturated heterocycles. The van der Waals surface area contributed by atoms with E-state index in [0.717, 1.165) is 0 Å². The Labute approximate surface area is 89.3 Å². The number of hydrogen-bond acceptors (Lipinski definition) is 5. The lowest BCUT2D eigenvalue weighted by Crippen LogP contribution is -2.16. The van der Waals surface area contributed by atoms with E-state index in [1.165, 1.54) is 0 Å². The zero-order valence-corrected chi connectivity index (χ0v) is 8.96. The Morgan fingerprint density at radius 3 is 2.43 bits per heavy atom. The van der Waals surface area contributed by atoms with Gasteiger partial charge in [-0.25, -0.2) is 0 Å². The molecule has 2 N–H and O–H groups in total. The van der Waals surface area contributed by atoms with E-state index in [4.69, 9.17) is 14.6 Å². The van der Waals surface area contributed by atoms with Crippen molar-refractivity contribution in [3.05, 3.63) is 0 Å². The molecule has 0 aromatic rings. The highest BCUT2D eigenvalue weighted by molar-refractivity contribution is 7.78. The first-order valence-electron chi connectivity index (χ1n) is 4.50. The Hall–Kier alpha value is -0.300. The second-order valence-electron chi connectivity index (χ2n) is 2.59. The van der Waals surface area contributed by atoms with Crippen LogP contribution in [0.25, 0.3) is 0 Å². The van der Waals surface area contributed by atoms with Gasteiger partial charge in [-0.05, 0) is 6.42 Å². The number of thiol groups is 1. The molecule has 14 heavy (non-hydrogen) atoms. The highest BCUT2D eigenvalue weighted by Gasteiger charge is 1.97. The van der Waals surface area contributed by atoms with Crippen LogP contribution < -0.4 is 4.72 Å².